The number of aryl methyl sites for hydroxylation is 1. The van der Waals surface area contributed by atoms with E-state index in [9.17, 15) is 9.59 Å². The van der Waals surface area contributed by atoms with Crippen LogP contribution < -0.4 is 16.0 Å². The standard InChI is InChI=1S/C17H27N3O2/c1-11-7-8-13(19-15(21)12(2)10-18-6)9-14(11)20-16(22)17(3,4)5/h7-9,12,18H,10H2,1-6H3,(H,19,21)(H,20,22). The van der Waals surface area contributed by atoms with Gasteiger partial charge in [-0.2, -0.15) is 0 Å². The van der Waals surface area contributed by atoms with Gasteiger partial charge in [-0.15, -0.1) is 0 Å². The first kappa shape index (κ1) is 18.2. The lowest BCUT2D eigenvalue weighted by molar-refractivity contribution is -0.123. The van der Waals surface area contributed by atoms with Crippen LogP contribution in [0.5, 0.6) is 0 Å². The molecule has 0 radical (unpaired) electrons. The molecule has 1 rings (SSSR count). The molecule has 122 valence electrons. The Morgan fingerprint density at radius 2 is 1.82 bits per heavy atom. The molecule has 1 aromatic rings. The van der Waals surface area contributed by atoms with Crippen LogP contribution in [0.1, 0.15) is 33.3 Å². The molecule has 1 aromatic carbocycles. The van der Waals surface area contributed by atoms with E-state index in [0.717, 1.165) is 11.3 Å². The lowest BCUT2D eigenvalue weighted by Gasteiger charge is -2.19. The van der Waals surface area contributed by atoms with E-state index >= 15 is 0 Å². The molecule has 0 spiro atoms. The molecular formula is C17H27N3O2. The SMILES string of the molecule is CNCC(C)C(=O)Nc1ccc(C)c(NC(=O)C(C)(C)C)c1. The molecule has 1 unspecified atom stereocenters. The first-order chi connectivity index (χ1) is 10.1. The topological polar surface area (TPSA) is 70.2 Å². The monoisotopic (exact) mass is 305 g/mol. The molecule has 0 aliphatic carbocycles. The van der Waals surface area contributed by atoms with Gasteiger partial charge in [-0.05, 0) is 31.7 Å². The van der Waals surface area contributed by atoms with Gasteiger partial charge in [0, 0.05) is 29.3 Å². The molecule has 0 saturated carbocycles. The van der Waals surface area contributed by atoms with Crippen molar-refractivity contribution >= 4 is 23.2 Å². The molecule has 0 aliphatic rings. The van der Waals surface area contributed by atoms with Crippen molar-refractivity contribution in [3.05, 3.63) is 23.8 Å². The summed E-state index contributed by atoms with van der Waals surface area (Å²) in [5.74, 6) is -0.229. The lowest BCUT2D eigenvalue weighted by Crippen LogP contribution is -2.29. The van der Waals surface area contributed by atoms with E-state index in [4.69, 9.17) is 0 Å². The van der Waals surface area contributed by atoms with Crippen molar-refractivity contribution in [2.45, 2.75) is 34.6 Å². The van der Waals surface area contributed by atoms with Crippen molar-refractivity contribution in [1.82, 2.24) is 5.32 Å². The third-order valence-electron chi connectivity index (χ3n) is 3.39. The Labute approximate surface area is 132 Å². The van der Waals surface area contributed by atoms with Crippen LogP contribution in [-0.2, 0) is 9.59 Å². The molecule has 5 heteroatoms. The van der Waals surface area contributed by atoms with E-state index in [2.05, 4.69) is 16.0 Å². The summed E-state index contributed by atoms with van der Waals surface area (Å²) in [5, 5.41) is 8.77. The Morgan fingerprint density at radius 3 is 2.36 bits per heavy atom. The Kier molecular flexibility index (Phi) is 6.11. The normalized spacial score (nSPS) is 12.6. The van der Waals surface area contributed by atoms with Crippen molar-refractivity contribution in [3.63, 3.8) is 0 Å². The summed E-state index contributed by atoms with van der Waals surface area (Å²) in [6, 6.07) is 5.52. The van der Waals surface area contributed by atoms with Crippen LogP contribution in [0, 0.1) is 18.3 Å². The zero-order chi connectivity index (χ0) is 16.9. The van der Waals surface area contributed by atoms with Gasteiger partial charge in [-0.3, -0.25) is 9.59 Å². The Bertz CT molecular complexity index is 547. The zero-order valence-electron chi connectivity index (χ0n) is 14.3. The van der Waals surface area contributed by atoms with E-state index in [1.807, 2.05) is 53.8 Å². The number of hydrogen-bond donors (Lipinski definition) is 3. The van der Waals surface area contributed by atoms with Crippen molar-refractivity contribution in [2.24, 2.45) is 11.3 Å². The first-order valence-corrected chi connectivity index (χ1v) is 7.52. The molecule has 0 heterocycles. The molecule has 1 atom stereocenters. The maximum Gasteiger partial charge on any atom is 0.229 e. The molecule has 0 aromatic heterocycles. The fourth-order valence-electron chi connectivity index (χ4n) is 1.81. The van der Waals surface area contributed by atoms with E-state index in [-0.39, 0.29) is 17.7 Å². The van der Waals surface area contributed by atoms with E-state index in [0.29, 0.717) is 12.2 Å². The number of amides is 2. The van der Waals surface area contributed by atoms with Crippen molar-refractivity contribution < 1.29 is 9.59 Å². The predicted molar refractivity (Wildman–Crippen MR) is 91.0 cm³/mol. The molecule has 0 bridgehead atoms. The molecule has 5 nitrogen and oxygen atoms in total. The maximum absolute atomic E-state index is 12.1. The number of anilines is 2. The molecule has 3 N–H and O–H groups in total. The fourth-order valence-corrected chi connectivity index (χ4v) is 1.81. The summed E-state index contributed by atoms with van der Waals surface area (Å²) in [7, 11) is 1.82. The Balaban J connectivity index is 2.86. The molecule has 0 aliphatic heterocycles. The highest BCUT2D eigenvalue weighted by Crippen LogP contribution is 2.23. The molecule has 22 heavy (non-hydrogen) atoms. The Hall–Kier alpha value is -1.88. The van der Waals surface area contributed by atoms with Crippen molar-refractivity contribution in [2.75, 3.05) is 24.2 Å². The van der Waals surface area contributed by atoms with E-state index < -0.39 is 5.41 Å². The van der Waals surface area contributed by atoms with Crippen LogP contribution in [0.3, 0.4) is 0 Å². The van der Waals surface area contributed by atoms with Gasteiger partial charge in [-0.25, -0.2) is 0 Å². The highest BCUT2D eigenvalue weighted by molar-refractivity contribution is 5.97. The second-order valence-electron chi connectivity index (χ2n) is 6.68. The molecule has 2 amide bonds. The highest BCUT2D eigenvalue weighted by atomic mass is 16.2. The van der Waals surface area contributed by atoms with Gasteiger partial charge < -0.3 is 16.0 Å². The van der Waals surface area contributed by atoms with Gasteiger partial charge in [-0.1, -0.05) is 33.8 Å². The van der Waals surface area contributed by atoms with Gasteiger partial charge >= 0.3 is 0 Å². The molecule has 0 fully saturated rings. The van der Waals surface area contributed by atoms with Crippen LogP contribution in [0.4, 0.5) is 11.4 Å². The fraction of sp³-hybridized carbons (Fsp3) is 0.529. The number of rotatable bonds is 5. The van der Waals surface area contributed by atoms with E-state index in [1.165, 1.54) is 0 Å². The van der Waals surface area contributed by atoms with Gasteiger partial charge in [0.25, 0.3) is 0 Å². The predicted octanol–water partition coefficient (Wildman–Crippen LogP) is 2.77. The average Bonchev–Trinajstić information content (AvgIpc) is 2.41. The minimum atomic E-state index is -0.465. The van der Waals surface area contributed by atoms with Gasteiger partial charge in [0.1, 0.15) is 0 Å². The average molecular weight is 305 g/mol. The van der Waals surface area contributed by atoms with Crippen molar-refractivity contribution in [1.29, 1.82) is 0 Å². The number of hydrogen-bond acceptors (Lipinski definition) is 3. The summed E-state index contributed by atoms with van der Waals surface area (Å²) in [5.41, 5.74) is 1.90. The van der Waals surface area contributed by atoms with Gasteiger partial charge in [0.2, 0.25) is 11.8 Å². The van der Waals surface area contributed by atoms with Crippen LogP contribution in [0.25, 0.3) is 0 Å². The second kappa shape index (κ2) is 7.40. The largest absolute Gasteiger partial charge is 0.326 e. The number of carbonyl (C=O) groups excluding carboxylic acids is 2. The third kappa shape index (κ3) is 5.15. The highest BCUT2D eigenvalue weighted by Gasteiger charge is 2.22. The maximum atomic E-state index is 12.1. The summed E-state index contributed by atoms with van der Waals surface area (Å²) in [4.78, 5) is 24.1. The Morgan fingerprint density at radius 1 is 1.18 bits per heavy atom. The van der Waals surface area contributed by atoms with Gasteiger partial charge in [0.15, 0.2) is 0 Å². The van der Waals surface area contributed by atoms with Crippen LogP contribution in [-0.4, -0.2) is 25.4 Å². The smallest absolute Gasteiger partial charge is 0.229 e. The first-order valence-electron chi connectivity index (χ1n) is 7.52. The quantitative estimate of drug-likeness (QED) is 0.783. The number of nitrogens with one attached hydrogen (secondary N) is 3. The lowest BCUT2D eigenvalue weighted by atomic mass is 9.95. The minimum Gasteiger partial charge on any atom is -0.326 e. The van der Waals surface area contributed by atoms with Crippen LogP contribution in [0.2, 0.25) is 0 Å². The van der Waals surface area contributed by atoms with E-state index in [1.54, 1.807) is 6.07 Å². The third-order valence-corrected chi connectivity index (χ3v) is 3.39. The number of carbonyl (C=O) groups is 2. The second-order valence-corrected chi connectivity index (χ2v) is 6.68. The summed E-state index contributed by atoms with van der Waals surface area (Å²) in [6.45, 7) is 10.00. The zero-order valence-corrected chi connectivity index (χ0v) is 14.3. The van der Waals surface area contributed by atoms with Crippen LogP contribution >= 0.6 is 0 Å². The number of benzene rings is 1. The summed E-state index contributed by atoms with van der Waals surface area (Å²) >= 11 is 0. The molecular weight excluding hydrogens is 278 g/mol. The molecule has 0 saturated heterocycles. The summed E-state index contributed by atoms with van der Waals surface area (Å²) in [6.07, 6.45) is 0. The van der Waals surface area contributed by atoms with Crippen molar-refractivity contribution in [3.8, 4) is 0 Å². The minimum absolute atomic E-state index is 0.0497. The summed E-state index contributed by atoms with van der Waals surface area (Å²) < 4.78 is 0. The van der Waals surface area contributed by atoms with Gasteiger partial charge in [0.05, 0.1) is 0 Å². The van der Waals surface area contributed by atoms with Crippen LogP contribution in [0.15, 0.2) is 18.2 Å².